The number of amides is 1. The summed E-state index contributed by atoms with van der Waals surface area (Å²) in [4.78, 5) is 18.2. The van der Waals surface area contributed by atoms with Gasteiger partial charge in [-0.25, -0.2) is 0 Å². The predicted octanol–water partition coefficient (Wildman–Crippen LogP) is 4.71. The molecule has 1 aliphatic rings. The highest BCUT2D eigenvalue weighted by atomic mass is 19.4. The molecule has 1 aliphatic carbocycles. The van der Waals surface area contributed by atoms with Crippen molar-refractivity contribution in [1.29, 1.82) is 0 Å². The summed E-state index contributed by atoms with van der Waals surface area (Å²) in [5.74, 6) is -1.06. The lowest BCUT2D eigenvalue weighted by Crippen LogP contribution is -2.35. The standard InChI is InChI=1S/C19H16F3N3O3/c1-11(15-3-2-10-27-15)25(14-8-9-14)17(26)13-6-4-12(5-7-13)16-23-18(28-24-16)19(20,21)22/h2-7,10-11,14H,8-9H2,1H3/t11-/m0/s1. The van der Waals surface area contributed by atoms with Gasteiger partial charge < -0.3 is 13.8 Å². The van der Waals surface area contributed by atoms with Crippen LogP contribution in [0.4, 0.5) is 13.2 Å². The third kappa shape index (κ3) is 3.51. The fourth-order valence-electron chi connectivity index (χ4n) is 3.04. The quantitative estimate of drug-likeness (QED) is 0.630. The molecule has 2 aromatic heterocycles. The Labute approximate surface area is 157 Å². The zero-order valence-corrected chi connectivity index (χ0v) is 14.8. The SMILES string of the molecule is C[C@@H](c1ccco1)N(C(=O)c1ccc(-c2noc(C(F)(F)F)n2)cc1)C1CC1. The molecule has 4 rings (SSSR count). The first-order valence-electron chi connectivity index (χ1n) is 8.72. The Balaban J connectivity index is 1.56. The van der Waals surface area contributed by atoms with Crippen molar-refractivity contribution >= 4 is 5.91 Å². The average molecular weight is 391 g/mol. The number of alkyl halides is 3. The first-order chi connectivity index (χ1) is 13.3. The van der Waals surface area contributed by atoms with Crippen LogP contribution in [-0.2, 0) is 6.18 Å². The normalized spacial score (nSPS) is 15.4. The third-order valence-corrected chi connectivity index (χ3v) is 4.61. The van der Waals surface area contributed by atoms with Gasteiger partial charge in [-0.05, 0) is 44.0 Å². The molecule has 0 saturated heterocycles. The number of carbonyl (C=O) groups excluding carboxylic acids is 1. The highest BCUT2D eigenvalue weighted by Gasteiger charge is 2.39. The Morgan fingerprint density at radius 2 is 1.93 bits per heavy atom. The van der Waals surface area contributed by atoms with Crippen LogP contribution in [0.15, 0.2) is 51.6 Å². The summed E-state index contributed by atoms with van der Waals surface area (Å²) in [5, 5.41) is 3.35. The van der Waals surface area contributed by atoms with Crippen molar-refractivity contribution < 1.29 is 26.9 Å². The largest absolute Gasteiger partial charge is 0.471 e. The molecule has 1 saturated carbocycles. The summed E-state index contributed by atoms with van der Waals surface area (Å²) in [6.45, 7) is 1.90. The summed E-state index contributed by atoms with van der Waals surface area (Å²) in [5.41, 5.74) is 0.751. The zero-order valence-electron chi connectivity index (χ0n) is 14.8. The van der Waals surface area contributed by atoms with E-state index in [4.69, 9.17) is 4.42 Å². The Hall–Kier alpha value is -3.10. The number of hydrogen-bond acceptors (Lipinski definition) is 5. The predicted molar refractivity (Wildman–Crippen MR) is 91.1 cm³/mol. The molecule has 28 heavy (non-hydrogen) atoms. The van der Waals surface area contributed by atoms with Gasteiger partial charge in [-0.15, -0.1) is 0 Å². The minimum absolute atomic E-state index is 0.152. The van der Waals surface area contributed by atoms with Gasteiger partial charge in [0, 0.05) is 17.2 Å². The van der Waals surface area contributed by atoms with E-state index in [0.29, 0.717) is 16.9 Å². The van der Waals surface area contributed by atoms with Crippen molar-refractivity contribution in [3.05, 3.63) is 59.9 Å². The Morgan fingerprint density at radius 1 is 1.21 bits per heavy atom. The van der Waals surface area contributed by atoms with E-state index in [1.54, 1.807) is 29.4 Å². The summed E-state index contributed by atoms with van der Waals surface area (Å²) in [6.07, 6.45) is -1.28. The fourth-order valence-corrected chi connectivity index (χ4v) is 3.04. The molecular formula is C19H16F3N3O3. The van der Waals surface area contributed by atoms with Crippen molar-refractivity contribution in [3.8, 4) is 11.4 Å². The van der Waals surface area contributed by atoms with Crippen LogP contribution in [0.1, 0.15) is 47.8 Å². The lowest BCUT2D eigenvalue weighted by molar-refractivity contribution is -0.159. The van der Waals surface area contributed by atoms with Crippen molar-refractivity contribution in [2.75, 3.05) is 0 Å². The summed E-state index contributed by atoms with van der Waals surface area (Å²) < 4.78 is 47.5. The maximum absolute atomic E-state index is 13.0. The second kappa shape index (κ2) is 6.81. The summed E-state index contributed by atoms with van der Waals surface area (Å²) >= 11 is 0. The van der Waals surface area contributed by atoms with E-state index in [1.807, 2.05) is 13.0 Å². The molecule has 1 aromatic carbocycles. The molecular weight excluding hydrogens is 375 g/mol. The van der Waals surface area contributed by atoms with Gasteiger partial charge in [0.1, 0.15) is 5.76 Å². The number of aromatic nitrogens is 2. The number of benzene rings is 1. The van der Waals surface area contributed by atoms with Gasteiger partial charge in [0.25, 0.3) is 5.91 Å². The monoisotopic (exact) mass is 391 g/mol. The number of carbonyl (C=O) groups is 1. The van der Waals surface area contributed by atoms with Crippen molar-refractivity contribution in [2.45, 2.75) is 38.0 Å². The van der Waals surface area contributed by atoms with Gasteiger partial charge >= 0.3 is 12.1 Å². The molecule has 1 atom stereocenters. The Kier molecular flexibility index (Phi) is 4.44. The van der Waals surface area contributed by atoms with Gasteiger partial charge in [0.05, 0.1) is 12.3 Å². The van der Waals surface area contributed by atoms with E-state index in [-0.39, 0.29) is 23.8 Å². The smallest absolute Gasteiger partial charge is 0.467 e. The lowest BCUT2D eigenvalue weighted by atomic mass is 10.1. The minimum Gasteiger partial charge on any atom is -0.467 e. The summed E-state index contributed by atoms with van der Waals surface area (Å²) in [7, 11) is 0. The van der Waals surface area contributed by atoms with Crippen LogP contribution in [0, 0.1) is 0 Å². The Bertz CT molecular complexity index is 960. The topological polar surface area (TPSA) is 72.4 Å². The fraction of sp³-hybridized carbons (Fsp3) is 0.316. The molecule has 0 N–H and O–H groups in total. The minimum atomic E-state index is -4.70. The first-order valence-corrected chi connectivity index (χ1v) is 8.72. The molecule has 0 bridgehead atoms. The van der Waals surface area contributed by atoms with Crippen molar-refractivity contribution in [3.63, 3.8) is 0 Å². The number of halogens is 3. The average Bonchev–Trinajstić information content (AvgIpc) is 3.15. The van der Waals surface area contributed by atoms with E-state index >= 15 is 0 Å². The van der Waals surface area contributed by atoms with Crippen LogP contribution in [0.25, 0.3) is 11.4 Å². The molecule has 2 heterocycles. The van der Waals surface area contributed by atoms with E-state index < -0.39 is 12.1 Å². The van der Waals surface area contributed by atoms with Crippen molar-refractivity contribution in [1.82, 2.24) is 15.0 Å². The van der Waals surface area contributed by atoms with E-state index in [1.165, 1.54) is 12.1 Å². The third-order valence-electron chi connectivity index (χ3n) is 4.61. The van der Waals surface area contributed by atoms with Crippen LogP contribution < -0.4 is 0 Å². The molecule has 0 spiro atoms. The lowest BCUT2D eigenvalue weighted by Gasteiger charge is -2.28. The molecule has 146 valence electrons. The van der Waals surface area contributed by atoms with Gasteiger partial charge in [-0.2, -0.15) is 18.2 Å². The molecule has 1 amide bonds. The van der Waals surface area contributed by atoms with Crippen LogP contribution in [0.3, 0.4) is 0 Å². The maximum atomic E-state index is 13.0. The first kappa shape index (κ1) is 18.3. The van der Waals surface area contributed by atoms with Gasteiger partial charge in [0.15, 0.2) is 0 Å². The number of hydrogen-bond donors (Lipinski definition) is 0. The van der Waals surface area contributed by atoms with E-state index in [0.717, 1.165) is 12.8 Å². The van der Waals surface area contributed by atoms with Gasteiger partial charge in [0.2, 0.25) is 5.82 Å². The molecule has 0 radical (unpaired) electrons. The molecule has 0 aliphatic heterocycles. The van der Waals surface area contributed by atoms with Crippen LogP contribution in [-0.4, -0.2) is 27.0 Å². The number of furan rings is 1. The number of rotatable bonds is 5. The van der Waals surface area contributed by atoms with Gasteiger partial charge in [-0.3, -0.25) is 4.79 Å². The van der Waals surface area contributed by atoms with Crippen LogP contribution in [0.5, 0.6) is 0 Å². The van der Waals surface area contributed by atoms with E-state index in [9.17, 15) is 18.0 Å². The molecule has 0 unspecified atom stereocenters. The summed E-state index contributed by atoms with van der Waals surface area (Å²) in [6, 6.07) is 9.63. The molecule has 6 nitrogen and oxygen atoms in total. The molecule has 9 heteroatoms. The van der Waals surface area contributed by atoms with Gasteiger partial charge in [-0.1, -0.05) is 17.3 Å². The van der Waals surface area contributed by atoms with Crippen LogP contribution >= 0.6 is 0 Å². The van der Waals surface area contributed by atoms with Crippen LogP contribution in [0.2, 0.25) is 0 Å². The maximum Gasteiger partial charge on any atom is 0.471 e. The second-order valence-electron chi connectivity index (χ2n) is 6.63. The highest BCUT2D eigenvalue weighted by molar-refractivity contribution is 5.95. The second-order valence-corrected chi connectivity index (χ2v) is 6.63. The zero-order chi connectivity index (χ0) is 19.9. The van der Waals surface area contributed by atoms with E-state index in [2.05, 4.69) is 14.7 Å². The number of nitrogens with zero attached hydrogens (tertiary/aromatic N) is 3. The van der Waals surface area contributed by atoms with Crippen molar-refractivity contribution in [2.24, 2.45) is 0 Å². The Morgan fingerprint density at radius 3 is 2.46 bits per heavy atom. The highest BCUT2D eigenvalue weighted by Crippen LogP contribution is 2.36. The molecule has 1 fully saturated rings. The molecule has 3 aromatic rings.